The number of aromatic nitrogens is 1. The molecular weight excluding hydrogens is 352 g/mol. The predicted molar refractivity (Wildman–Crippen MR) is 111 cm³/mol. The Morgan fingerprint density at radius 1 is 1.07 bits per heavy atom. The SMILES string of the molecule is CCCCC1NC(CCCC)N(Cc2ccc(-n3cccc3C(=O)O)cc2)N1. The minimum absolute atomic E-state index is 0.275. The number of aromatic carboxylic acids is 1. The van der Waals surface area contributed by atoms with Gasteiger partial charge in [0.2, 0.25) is 0 Å². The van der Waals surface area contributed by atoms with Crippen LogP contribution in [0.2, 0.25) is 0 Å². The van der Waals surface area contributed by atoms with Crippen LogP contribution in [-0.2, 0) is 6.54 Å². The highest BCUT2D eigenvalue weighted by Crippen LogP contribution is 2.19. The number of hydrogen-bond donors (Lipinski definition) is 3. The highest BCUT2D eigenvalue weighted by molar-refractivity contribution is 5.86. The Bertz CT molecular complexity index is 756. The van der Waals surface area contributed by atoms with E-state index in [1.165, 1.54) is 31.2 Å². The molecule has 2 atom stereocenters. The van der Waals surface area contributed by atoms with Gasteiger partial charge < -0.3 is 9.67 Å². The molecule has 28 heavy (non-hydrogen) atoms. The third kappa shape index (κ3) is 5.01. The van der Waals surface area contributed by atoms with Gasteiger partial charge in [0.15, 0.2) is 0 Å². The summed E-state index contributed by atoms with van der Waals surface area (Å²) >= 11 is 0. The van der Waals surface area contributed by atoms with Crippen LogP contribution in [0.4, 0.5) is 0 Å². The van der Waals surface area contributed by atoms with E-state index in [4.69, 9.17) is 0 Å². The van der Waals surface area contributed by atoms with Crippen molar-refractivity contribution in [3.8, 4) is 5.69 Å². The smallest absolute Gasteiger partial charge is 0.352 e. The fourth-order valence-electron chi connectivity index (χ4n) is 3.74. The molecule has 1 aromatic carbocycles. The number of rotatable bonds is 10. The number of carbonyl (C=O) groups is 1. The molecule has 0 amide bonds. The average molecular weight is 385 g/mol. The van der Waals surface area contributed by atoms with Crippen LogP contribution < -0.4 is 10.7 Å². The van der Waals surface area contributed by atoms with E-state index in [9.17, 15) is 9.90 Å². The van der Waals surface area contributed by atoms with Crippen LogP contribution in [0.15, 0.2) is 42.6 Å². The Morgan fingerprint density at radius 2 is 1.79 bits per heavy atom. The number of carboxylic acids is 1. The van der Waals surface area contributed by atoms with Gasteiger partial charge in [0.1, 0.15) is 5.69 Å². The summed E-state index contributed by atoms with van der Waals surface area (Å²) in [5.41, 5.74) is 5.98. The first-order valence-electron chi connectivity index (χ1n) is 10.4. The van der Waals surface area contributed by atoms with E-state index in [2.05, 4.69) is 41.7 Å². The number of carboxylic acid groups (broad SMARTS) is 1. The van der Waals surface area contributed by atoms with Crippen molar-refractivity contribution < 1.29 is 9.90 Å². The molecule has 0 radical (unpaired) electrons. The van der Waals surface area contributed by atoms with Gasteiger partial charge in [0.05, 0.1) is 12.3 Å². The Hall–Kier alpha value is -2.15. The third-order valence-corrected chi connectivity index (χ3v) is 5.30. The first kappa shape index (κ1) is 20.6. The molecule has 1 aliphatic rings. The Morgan fingerprint density at radius 3 is 2.46 bits per heavy atom. The number of nitrogens with zero attached hydrogens (tertiary/aromatic N) is 2. The molecule has 2 unspecified atom stereocenters. The fraction of sp³-hybridized carbons (Fsp3) is 0.500. The van der Waals surface area contributed by atoms with Gasteiger partial charge >= 0.3 is 5.97 Å². The lowest BCUT2D eigenvalue weighted by atomic mass is 10.1. The molecule has 1 aliphatic heterocycles. The zero-order chi connectivity index (χ0) is 19.9. The molecule has 1 aromatic heterocycles. The molecule has 0 saturated carbocycles. The molecule has 3 rings (SSSR count). The van der Waals surface area contributed by atoms with Crippen LogP contribution in [0.5, 0.6) is 0 Å². The van der Waals surface area contributed by atoms with E-state index in [0.717, 1.165) is 25.1 Å². The van der Waals surface area contributed by atoms with Gasteiger partial charge in [0, 0.05) is 18.4 Å². The monoisotopic (exact) mass is 384 g/mol. The number of nitrogens with one attached hydrogen (secondary N) is 2. The summed E-state index contributed by atoms with van der Waals surface area (Å²) < 4.78 is 1.70. The normalized spacial score (nSPS) is 19.9. The van der Waals surface area contributed by atoms with Crippen LogP contribution in [-0.4, -0.2) is 33.0 Å². The second-order valence-electron chi connectivity index (χ2n) is 7.51. The largest absolute Gasteiger partial charge is 0.477 e. The molecular formula is C22H32N4O2. The van der Waals surface area contributed by atoms with Crippen LogP contribution in [0.3, 0.4) is 0 Å². The van der Waals surface area contributed by atoms with Gasteiger partial charge in [-0.25, -0.2) is 15.2 Å². The summed E-state index contributed by atoms with van der Waals surface area (Å²) in [5.74, 6) is -0.918. The second-order valence-corrected chi connectivity index (χ2v) is 7.51. The summed E-state index contributed by atoms with van der Waals surface area (Å²) in [4.78, 5) is 11.3. The van der Waals surface area contributed by atoms with E-state index < -0.39 is 5.97 Å². The Balaban J connectivity index is 1.67. The predicted octanol–water partition coefficient (Wildman–Crippen LogP) is 4.12. The third-order valence-electron chi connectivity index (χ3n) is 5.30. The summed E-state index contributed by atoms with van der Waals surface area (Å²) in [6.45, 7) is 5.28. The Labute approximate surface area is 167 Å². The van der Waals surface area contributed by atoms with Crippen molar-refractivity contribution in [2.24, 2.45) is 0 Å². The summed E-state index contributed by atoms with van der Waals surface area (Å²) in [7, 11) is 0. The standard InChI is InChI=1S/C22H32N4O2/c1-3-5-9-20-23-21(10-6-4-2)26(24-20)16-17-11-13-18(14-12-17)25-15-7-8-19(25)22(27)28/h7-8,11-15,20-21,23-24H,3-6,9-10,16H2,1-2H3,(H,27,28). The molecule has 0 spiro atoms. The highest BCUT2D eigenvalue weighted by Gasteiger charge is 2.29. The second kappa shape index (κ2) is 9.87. The minimum atomic E-state index is -0.918. The molecule has 0 bridgehead atoms. The first-order chi connectivity index (χ1) is 13.6. The van der Waals surface area contributed by atoms with Gasteiger partial charge in [-0.2, -0.15) is 0 Å². The topological polar surface area (TPSA) is 69.5 Å². The van der Waals surface area contributed by atoms with E-state index in [0.29, 0.717) is 12.3 Å². The number of hydrogen-bond acceptors (Lipinski definition) is 4. The van der Waals surface area contributed by atoms with Crippen molar-refractivity contribution in [2.75, 3.05) is 0 Å². The Kier molecular flexibility index (Phi) is 7.25. The highest BCUT2D eigenvalue weighted by atomic mass is 16.4. The molecule has 1 fully saturated rings. The molecule has 2 heterocycles. The van der Waals surface area contributed by atoms with Crippen LogP contribution in [0.25, 0.3) is 5.69 Å². The lowest BCUT2D eigenvalue weighted by Gasteiger charge is -2.23. The minimum Gasteiger partial charge on any atom is -0.477 e. The lowest BCUT2D eigenvalue weighted by Crippen LogP contribution is -2.39. The maximum Gasteiger partial charge on any atom is 0.352 e. The van der Waals surface area contributed by atoms with Crippen LogP contribution in [0, 0.1) is 0 Å². The number of unbranched alkanes of at least 4 members (excludes halogenated alkanes) is 2. The first-order valence-corrected chi connectivity index (χ1v) is 10.4. The van der Waals surface area contributed by atoms with Gasteiger partial charge in [-0.3, -0.25) is 5.32 Å². The zero-order valence-corrected chi connectivity index (χ0v) is 16.9. The molecule has 6 heteroatoms. The van der Waals surface area contributed by atoms with Crippen molar-refractivity contribution in [3.63, 3.8) is 0 Å². The summed E-state index contributed by atoms with van der Waals surface area (Å²) in [6, 6.07) is 11.5. The van der Waals surface area contributed by atoms with Gasteiger partial charge in [-0.1, -0.05) is 51.7 Å². The van der Waals surface area contributed by atoms with Crippen LogP contribution >= 0.6 is 0 Å². The molecule has 1 saturated heterocycles. The number of hydrazine groups is 1. The van der Waals surface area contributed by atoms with Gasteiger partial charge in [-0.15, -0.1) is 0 Å². The quantitative estimate of drug-likeness (QED) is 0.575. The van der Waals surface area contributed by atoms with Crippen molar-refractivity contribution in [1.29, 1.82) is 0 Å². The van der Waals surface area contributed by atoms with E-state index in [-0.39, 0.29) is 5.69 Å². The van der Waals surface area contributed by atoms with Crippen molar-refractivity contribution >= 4 is 5.97 Å². The van der Waals surface area contributed by atoms with E-state index >= 15 is 0 Å². The molecule has 6 nitrogen and oxygen atoms in total. The molecule has 152 valence electrons. The molecule has 2 aromatic rings. The average Bonchev–Trinajstić information content (AvgIpc) is 3.33. The lowest BCUT2D eigenvalue weighted by molar-refractivity contribution is 0.0688. The van der Waals surface area contributed by atoms with Gasteiger partial charge in [0.25, 0.3) is 0 Å². The van der Waals surface area contributed by atoms with Crippen molar-refractivity contribution in [3.05, 3.63) is 53.9 Å². The maximum atomic E-state index is 11.3. The van der Waals surface area contributed by atoms with E-state index in [1.807, 2.05) is 12.1 Å². The van der Waals surface area contributed by atoms with E-state index in [1.54, 1.807) is 22.9 Å². The molecule has 3 N–H and O–H groups in total. The fourth-order valence-corrected chi connectivity index (χ4v) is 3.74. The zero-order valence-electron chi connectivity index (χ0n) is 16.9. The van der Waals surface area contributed by atoms with Gasteiger partial charge in [-0.05, 0) is 42.7 Å². The molecule has 0 aliphatic carbocycles. The van der Waals surface area contributed by atoms with Crippen molar-refractivity contribution in [1.82, 2.24) is 20.3 Å². The number of benzene rings is 1. The summed E-state index contributed by atoms with van der Waals surface area (Å²) in [6.07, 6.45) is 9.59. The van der Waals surface area contributed by atoms with Crippen molar-refractivity contribution in [2.45, 2.75) is 71.2 Å². The summed E-state index contributed by atoms with van der Waals surface area (Å²) in [5, 5.41) is 15.4. The van der Waals surface area contributed by atoms with Crippen LogP contribution in [0.1, 0.15) is 68.4 Å². The maximum absolute atomic E-state index is 11.3.